The van der Waals surface area contributed by atoms with Crippen molar-refractivity contribution in [2.24, 2.45) is 0 Å². The molecule has 1 aliphatic heterocycles. The molecule has 0 aromatic carbocycles. The number of sulfonamides is 1. The summed E-state index contributed by atoms with van der Waals surface area (Å²) in [4.78, 5) is 2.49. The van der Waals surface area contributed by atoms with Gasteiger partial charge in [0.25, 0.3) is 0 Å². The average molecular weight is 303 g/mol. The van der Waals surface area contributed by atoms with Crippen molar-refractivity contribution in [3.05, 3.63) is 0 Å². The van der Waals surface area contributed by atoms with Crippen LogP contribution in [0.1, 0.15) is 39.5 Å². The van der Waals surface area contributed by atoms with Gasteiger partial charge in [0.05, 0.1) is 5.25 Å². The Labute approximate surface area is 123 Å². The maximum Gasteiger partial charge on any atom is 0.218 e. The topological polar surface area (TPSA) is 52.7 Å². The maximum absolute atomic E-state index is 12.5. The van der Waals surface area contributed by atoms with E-state index in [1.54, 1.807) is 11.2 Å². The molecule has 5 nitrogen and oxygen atoms in total. The van der Waals surface area contributed by atoms with Gasteiger partial charge in [-0.05, 0) is 26.3 Å². The summed E-state index contributed by atoms with van der Waals surface area (Å²) in [6.07, 6.45) is 5.26. The Bertz CT molecular complexity index is 385. The lowest BCUT2D eigenvalue weighted by atomic mass is 10.2. The lowest BCUT2D eigenvalue weighted by Crippen LogP contribution is -2.53. The predicted octanol–water partition coefficient (Wildman–Crippen LogP) is 0.874. The van der Waals surface area contributed by atoms with Crippen molar-refractivity contribution in [3.63, 3.8) is 0 Å². The molecule has 0 aromatic heterocycles. The van der Waals surface area contributed by atoms with Crippen LogP contribution >= 0.6 is 0 Å². The third kappa shape index (κ3) is 3.72. The van der Waals surface area contributed by atoms with E-state index in [4.69, 9.17) is 0 Å². The van der Waals surface area contributed by atoms with Crippen molar-refractivity contribution < 1.29 is 8.42 Å². The van der Waals surface area contributed by atoms with Gasteiger partial charge in [0.15, 0.2) is 0 Å². The highest BCUT2D eigenvalue weighted by atomic mass is 32.2. The first-order valence-corrected chi connectivity index (χ1v) is 9.49. The highest BCUT2D eigenvalue weighted by Gasteiger charge is 2.33. The Morgan fingerprint density at radius 1 is 1.15 bits per heavy atom. The highest BCUT2D eigenvalue weighted by Crippen LogP contribution is 2.25. The fourth-order valence-electron chi connectivity index (χ4n) is 3.30. The van der Waals surface area contributed by atoms with E-state index in [-0.39, 0.29) is 5.25 Å². The molecule has 2 rings (SSSR count). The third-order valence-corrected chi connectivity index (χ3v) is 6.93. The van der Waals surface area contributed by atoms with Gasteiger partial charge in [-0.15, -0.1) is 0 Å². The molecule has 0 aromatic rings. The molecule has 0 spiro atoms. The van der Waals surface area contributed by atoms with Gasteiger partial charge in [0.2, 0.25) is 10.0 Å². The SMILES string of the molecule is CCNCC(C)S(=O)(=O)N1CCN(C2CCCC2)CC1. The van der Waals surface area contributed by atoms with E-state index < -0.39 is 10.0 Å². The number of hydrogen-bond donors (Lipinski definition) is 1. The molecule has 1 saturated carbocycles. The first-order valence-electron chi connectivity index (χ1n) is 7.99. The number of nitrogens with zero attached hydrogens (tertiary/aromatic N) is 2. The van der Waals surface area contributed by atoms with Crippen LogP contribution in [-0.2, 0) is 10.0 Å². The minimum atomic E-state index is -3.14. The van der Waals surface area contributed by atoms with Gasteiger partial charge >= 0.3 is 0 Å². The first kappa shape index (κ1) is 16.2. The Balaban J connectivity index is 1.85. The number of nitrogens with one attached hydrogen (secondary N) is 1. The van der Waals surface area contributed by atoms with E-state index >= 15 is 0 Å². The summed E-state index contributed by atoms with van der Waals surface area (Å²) in [7, 11) is -3.14. The molecule has 1 atom stereocenters. The second-order valence-corrected chi connectivity index (χ2v) is 8.39. The Hall–Kier alpha value is -0.170. The van der Waals surface area contributed by atoms with Gasteiger partial charge in [0.1, 0.15) is 0 Å². The number of piperazine rings is 1. The van der Waals surface area contributed by atoms with E-state index in [1.807, 2.05) is 6.92 Å². The quantitative estimate of drug-likeness (QED) is 0.791. The molecule has 1 unspecified atom stereocenters. The summed E-state index contributed by atoms with van der Waals surface area (Å²) in [6, 6.07) is 0.707. The highest BCUT2D eigenvalue weighted by molar-refractivity contribution is 7.89. The summed E-state index contributed by atoms with van der Waals surface area (Å²) in [5.74, 6) is 0. The molecular weight excluding hydrogens is 274 g/mol. The first-order chi connectivity index (χ1) is 9.55. The molecule has 0 bridgehead atoms. The molecule has 1 N–H and O–H groups in total. The molecular formula is C14H29N3O2S. The lowest BCUT2D eigenvalue weighted by Gasteiger charge is -2.38. The van der Waals surface area contributed by atoms with Gasteiger partial charge in [0, 0.05) is 38.8 Å². The molecule has 20 heavy (non-hydrogen) atoms. The normalized spacial score (nSPS) is 25.1. The van der Waals surface area contributed by atoms with Crippen LogP contribution in [0.25, 0.3) is 0 Å². The second kappa shape index (κ2) is 7.20. The second-order valence-electron chi connectivity index (χ2n) is 6.04. The minimum Gasteiger partial charge on any atom is -0.316 e. The van der Waals surface area contributed by atoms with E-state index in [0.29, 0.717) is 25.7 Å². The van der Waals surface area contributed by atoms with Crippen molar-refractivity contribution >= 4 is 10.0 Å². The zero-order valence-electron chi connectivity index (χ0n) is 12.8. The van der Waals surface area contributed by atoms with Gasteiger partial charge in [-0.25, -0.2) is 8.42 Å². The molecule has 0 radical (unpaired) electrons. The van der Waals surface area contributed by atoms with Gasteiger partial charge < -0.3 is 5.32 Å². The monoisotopic (exact) mass is 303 g/mol. The molecule has 1 aliphatic carbocycles. The molecule has 2 fully saturated rings. The Morgan fingerprint density at radius 2 is 1.75 bits per heavy atom. The van der Waals surface area contributed by atoms with Crippen molar-refractivity contribution in [1.82, 2.24) is 14.5 Å². The molecule has 6 heteroatoms. The standard InChI is InChI=1S/C14H29N3O2S/c1-3-15-12-13(2)20(18,19)17-10-8-16(9-11-17)14-6-4-5-7-14/h13-15H,3-12H2,1-2H3. The summed E-state index contributed by atoms with van der Waals surface area (Å²) >= 11 is 0. The summed E-state index contributed by atoms with van der Waals surface area (Å²) < 4.78 is 26.7. The molecule has 2 aliphatic rings. The van der Waals surface area contributed by atoms with Gasteiger partial charge in [-0.3, -0.25) is 4.90 Å². The van der Waals surface area contributed by atoms with E-state index in [9.17, 15) is 8.42 Å². The minimum absolute atomic E-state index is 0.333. The van der Waals surface area contributed by atoms with Crippen LogP contribution in [-0.4, -0.2) is 68.2 Å². The van der Waals surface area contributed by atoms with Crippen molar-refractivity contribution in [2.45, 2.75) is 50.8 Å². The van der Waals surface area contributed by atoms with E-state index in [2.05, 4.69) is 10.2 Å². The zero-order valence-corrected chi connectivity index (χ0v) is 13.7. The van der Waals surface area contributed by atoms with E-state index in [1.165, 1.54) is 25.7 Å². The summed E-state index contributed by atoms with van der Waals surface area (Å²) in [6.45, 7) is 8.29. The maximum atomic E-state index is 12.5. The van der Waals surface area contributed by atoms with Crippen LogP contribution in [0, 0.1) is 0 Å². The lowest BCUT2D eigenvalue weighted by molar-refractivity contribution is 0.138. The van der Waals surface area contributed by atoms with E-state index in [0.717, 1.165) is 19.6 Å². The molecule has 1 heterocycles. The van der Waals surface area contributed by atoms with Crippen LogP contribution in [0.4, 0.5) is 0 Å². The van der Waals surface area contributed by atoms with Crippen LogP contribution in [0.5, 0.6) is 0 Å². The molecule has 0 amide bonds. The van der Waals surface area contributed by atoms with Crippen molar-refractivity contribution in [1.29, 1.82) is 0 Å². The van der Waals surface area contributed by atoms with Crippen molar-refractivity contribution in [3.8, 4) is 0 Å². The zero-order chi connectivity index (χ0) is 14.6. The van der Waals surface area contributed by atoms with Crippen LogP contribution in [0.3, 0.4) is 0 Å². The fourth-order valence-corrected chi connectivity index (χ4v) is 4.81. The Kier molecular flexibility index (Phi) is 5.84. The summed E-state index contributed by atoms with van der Waals surface area (Å²) in [5.41, 5.74) is 0. The molecule has 1 saturated heterocycles. The van der Waals surface area contributed by atoms with Crippen molar-refractivity contribution in [2.75, 3.05) is 39.3 Å². The number of hydrogen-bond acceptors (Lipinski definition) is 4. The average Bonchev–Trinajstić information content (AvgIpc) is 2.99. The predicted molar refractivity (Wildman–Crippen MR) is 82.3 cm³/mol. The van der Waals surface area contributed by atoms with Gasteiger partial charge in [-0.2, -0.15) is 4.31 Å². The van der Waals surface area contributed by atoms with Crippen LogP contribution < -0.4 is 5.32 Å². The fraction of sp³-hybridized carbons (Fsp3) is 1.00. The molecule has 118 valence electrons. The smallest absolute Gasteiger partial charge is 0.218 e. The number of rotatable bonds is 6. The van der Waals surface area contributed by atoms with Crippen LogP contribution in [0.15, 0.2) is 0 Å². The summed E-state index contributed by atoms with van der Waals surface area (Å²) in [5, 5.41) is 2.80. The van der Waals surface area contributed by atoms with Crippen LogP contribution in [0.2, 0.25) is 0 Å². The van der Waals surface area contributed by atoms with Gasteiger partial charge in [-0.1, -0.05) is 19.8 Å². The Morgan fingerprint density at radius 3 is 2.30 bits per heavy atom. The largest absolute Gasteiger partial charge is 0.316 e. The third-order valence-electron chi connectivity index (χ3n) is 4.66.